The molecule has 102 valence electrons. The minimum absolute atomic E-state index is 0.0554. The third-order valence-electron chi connectivity index (χ3n) is 3.88. The lowest BCUT2D eigenvalue weighted by atomic mass is 9.92. The van der Waals surface area contributed by atoms with E-state index in [0.717, 1.165) is 32.1 Å². The molecule has 2 rings (SSSR count). The van der Waals surface area contributed by atoms with Gasteiger partial charge in [-0.2, -0.15) is 0 Å². The molecule has 0 aromatic rings. The predicted octanol–water partition coefficient (Wildman–Crippen LogP) is 2.48. The van der Waals surface area contributed by atoms with Crippen LogP contribution in [0.3, 0.4) is 0 Å². The largest absolute Gasteiger partial charge is 0.394 e. The van der Waals surface area contributed by atoms with Gasteiger partial charge in [-0.05, 0) is 45.1 Å². The summed E-state index contributed by atoms with van der Waals surface area (Å²) in [6.45, 7) is 10.2. The molecule has 2 heterocycles. The molecule has 0 unspecified atom stereocenters. The van der Waals surface area contributed by atoms with Crippen LogP contribution < -0.4 is 0 Å². The summed E-state index contributed by atoms with van der Waals surface area (Å²) in [5.41, 5.74) is 0.0554. The van der Waals surface area contributed by atoms with E-state index in [1.807, 2.05) is 27.2 Å². The highest BCUT2D eigenvalue weighted by Crippen LogP contribution is 2.47. The Morgan fingerprint density at radius 3 is 2.53 bits per heavy atom. The molecular weight excluding hydrogens is 233 g/mol. The van der Waals surface area contributed by atoms with Crippen LogP contribution in [0.1, 0.15) is 33.1 Å². The Labute approximate surface area is 106 Å². The standard InChI is InChI=1S/C11H22NO2P.C2H6/c1-15(2,14)8-10-6-11(9-13)4-3-5-12(11)7-10;1-2/h10,13H,3-9H2,1-2H3;1-2H3/t10-,11+;/m1./s1. The van der Waals surface area contributed by atoms with E-state index >= 15 is 0 Å². The van der Waals surface area contributed by atoms with Gasteiger partial charge >= 0.3 is 0 Å². The lowest BCUT2D eigenvalue weighted by Gasteiger charge is -2.29. The molecule has 2 aliphatic rings. The second-order valence-electron chi connectivity index (χ2n) is 5.76. The Morgan fingerprint density at radius 2 is 2.06 bits per heavy atom. The monoisotopic (exact) mass is 261 g/mol. The smallest absolute Gasteiger partial charge is 0.0822 e. The zero-order valence-corrected chi connectivity index (χ0v) is 12.7. The first-order chi connectivity index (χ1) is 7.95. The Morgan fingerprint density at radius 1 is 1.41 bits per heavy atom. The van der Waals surface area contributed by atoms with Gasteiger partial charge < -0.3 is 9.67 Å². The first-order valence-electron chi connectivity index (χ1n) is 6.85. The van der Waals surface area contributed by atoms with Crippen molar-refractivity contribution < 1.29 is 9.67 Å². The molecule has 0 spiro atoms. The molecule has 2 atom stereocenters. The maximum absolute atomic E-state index is 11.8. The van der Waals surface area contributed by atoms with E-state index in [1.54, 1.807) is 0 Å². The van der Waals surface area contributed by atoms with E-state index in [0.29, 0.717) is 5.92 Å². The lowest BCUT2D eigenvalue weighted by Crippen LogP contribution is -2.41. The van der Waals surface area contributed by atoms with Crippen molar-refractivity contribution in [2.75, 3.05) is 39.2 Å². The van der Waals surface area contributed by atoms with Crippen LogP contribution in [0.15, 0.2) is 0 Å². The summed E-state index contributed by atoms with van der Waals surface area (Å²) >= 11 is 0. The Balaban J connectivity index is 0.000000686. The summed E-state index contributed by atoms with van der Waals surface area (Å²) in [6, 6.07) is 0. The summed E-state index contributed by atoms with van der Waals surface area (Å²) in [4.78, 5) is 2.42. The number of fused-ring (bicyclic) bond motifs is 1. The van der Waals surface area contributed by atoms with Gasteiger partial charge in [0.25, 0.3) is 0 Å². The SMILES string of the molecule is CC.CP(C)(=O)C[C@H]1CN2CCC[C@@]2(CO)C1. The van der Waals surface area contributed by atoms with Gasteiger partial charge in [0, 0.05) is 18.2 Å². The predicted molar refractivity (Wildman–Crippen MR) is 74.4 cm³/mol. The summed E-state index contributed by atoms with van der Waals surface area (Å²) in [5, 5.41) is 9.53. The minimum Gasteiger partial charge on any atom is -0.394 e. The molecule has 0 aromatic heterocycles. The van der Waals surface area contributed by atoms with Crippen LogP contribution in [0, 0.1) is 5.92 Å². The molecule has 0 aliphatic carbocycles. The molecule has 0 bridgehead atoms. The van der Waals surface area contributed by atoms with Gasteiger partial charge in [-0.15, -0.1) is 0 Å². The second-order valence-corrected chi connectivity index (χ2v) is 9.27. The van der Waals surface area contributed by atoms with Crippen LogP contribution in [0.25, 0.3) is 0 Å². The molecule has 3 nitrogen and oxygen atoms in total. The maximum atomic E-state index is 11.8. The van der Waals surface area contributed by atoms with Gasteiger partial charge in [0.2, 0.25) is 0 Å². The van der Waals surface area contributed by atoms with E-state index in [-0.39, 0.29) is 12.1 Å². The molecular formula is C13H28NO2P. The maximum Gasteiger partial charge on any atom is 0.0822 e. The fourth-order valence-electron chi connectivity index (χ4n) is 3.41. The zero-order valence-electron chi connectivity index (χ0n) is 11.8. The van der Waals surface area contributed by atoms with Crippen molar-refractivity contribution in [2.45, 2.75) is 38.6 Å². The summed E-state index contributed by atoms with van der Waals surface area (Å²) < 4.78 is 11.8. The van der Waals surface area contributed by atoms with Gasteiger partial charge in [-0.3, -0.25) is 4.90 Å². The number of aliphatic hydroxyl groups excluding tert-OH is 1. The average molecular weight is 261 g/mol. The highest BCUT2D eigenvalue weighted by atomic mass is 31.2. The molecule has 2 saturated heterocycles. The Kier molecular flexibility index (Phi) is 5.24. The highest BCUT2D eigenvalue weighted by Gasteiger charge is 2.48. The molecule has 0 amide bonds. The Bertz CT molecular complexity index is 289. The number of hydrogen-bond acceptors (Lipinski definition) is 3. The van der Waals surface area contributed by atoms with Crippen molar-refractivity contribution in [3.8, 4) is 0 Å². The summed E-state index contributed by atoms with van der Waals surface area (Å²) in [7, 11) is -1.90. The third-order valence-corrected chi connectivity index (χ3v) is 5.28. The second kappa shape index (κ2) is 5.86. The summed E-state index contributed by atoms with van der Waals surface area (Å²) in [6.07, 6.45) is 4.24. The quantitative estimate of drug-likeness (QED) is 0.793. The zero-order chi connectivity index (χ0) is 13.1. The van der Waals surface area contributed by atoms with Crippen LogP contribution in [-0.4, -0.2) is 54.7 Å². The molecule has 0 aromatic carbocycles. The molecule has 0 radical (unpaired) electrons. The molecule has 4 heteroatoms. The van der Waals surface area contributed by atoms with Crippen molar-refractivity contribution in [3.05, 3.63) is 0 Å². The van der Waals surface area contributed by atoms with E-state index in [9.17, 15) is 9.67 Å². The number of aliphatic hydroxyl groups is 1. The number of rotatable bonds is 3. The number of hydrogen-bond donors (Lipinski definition) is 1. The minimum atomic E-state index is -1.90. The van der Waals surface area contributed by atoms with Gasteiger partial charge in [0.05, 0.1) is 13.7 Å². The van der Waals surface area contributed by atoms with Crippen LogP contribution in [-0.2, 0) is 4.57 Å². The van der Waals surface area contributed by atoms with Crippen LogP contribution in [0.4, 0.5) is 0 Å². The number of nitrogens with zero attached hydrogens (tertiary/aromatic N) is 1. The first kappa shape index (κ1) is 15.2. The van der Waals surface area contributed by atoms with Crippen molar-refractivity contribution in [2.24, 2.45) is 5.92 Å². The summed E-state index contributed by atoms with van der Waals surface area (Å²) in [5.74, 6) is 0.540. The van der Waals surface area contributed by atoms with Crippen LogP contribution >= 0.6 is 7.14 Å². The molecule has 2 aliphatic heterocycles. The molecule has 17 heavy (non-hydrogen) atoms. The fourth-order valence-corrected chi connectivity index (χ4v) is 4.90. The van der Waals surface area contributed by atoms with E-state index < -0.39 is 7.14 Å². The van der Waals surface area contributed by atoms with E-state index in [4.69, 9.17) is 0 Å². The normalized spacial score (nSPS) is 33.1. The van der Waals surface area contributed by atoms with Gasteiger partial charge in [0.1, 0.15) is 0 Å². The van der Waals surface area contributed by atoms with Gasteiger partial charge in [-0.25, -0.2) is 0 Å². The van der Waals surface area contributed by atoms with Crippen molar-refractivity contribution in [1.29, 1.82) is 0 Å². The topological polar surface area (TPSA) is 40.5 Å². The third kappa shape index (κ3) is 3.56. The van der Waals surface area contributed by atoms with Crippen LogP contribution in [0.2, 0.25) is 0 Å². The van der Waals surface area contributed by atoms with Gasteiger partial charge in [0.15, 0.2) is 0 Å². The lowest BCUT2D eigenvalue weighted by molar-refractivity contribution is 0.0998. The molecule has 0 saturated carbocycles. The van der Waals surface area contributed by atoms with E-state index in [1.165, 1.54) is 6.42 Å². The van der Waals surface area contributed by atoms with Crippen LogP contribution in [0.5, 0.6) is 0 Å². The van der Waals surface area contributed by atoms with Crippen molar-refractivity contribution >= 4 is 7.14 Å². The highest BCUT2D eigenvalue weighted by molar-refractivity contribution is 7.62. The molecule has 1 N–H and O–H groups in total. The van der Waals surface area contributed by atoms with Crippen molar-refractivity contribution in [1.82, 2.24) is 4.90 Å². The molecule has 2 fully saturated rings. The van der Waals surface area contributed by atoms with Gasteiger partial charge in [-0.1, -0.05) is 13.8 Å². The Hall–Kier alpha value is 0.150. The average Bonchev–Trinajstić information content (AvgIpc) is 2.74. The van der Waals surface area contributed by atoms with E-state index in [2.05, 4.69) is 4.90 Å². The fraction of sp³-hybridized carbons (Fsp3) is 1.00. The first-order valence-corrected chi connectivity index (χ1v) is 9.64. The van der Waals surface area contributed by atoms with Crippen molar-refractivity contribution in [3.63, 3.8) is 0 Å².